The van der Waals surface area contributed by atoms with E-state index in [2.05, 4.69) is 10.2 Å². The van der Waals surface area contributed by atoms with Gasteiger partial charge >= 0.3 is 6.03 Å². The first kappa shape index (κ1) is 12.5. The lowest BCUT2D eigenvalue weighted by molar-refractivity contribution is 0.230. The zero-order valence-electron chi connectivity index (χ0n) is 10.3. The minimum atomic E-state index is -0.111. The molecule has 0 fully saturated rings. The fraction of sp³-hybridized carbons (Fsp3) is 0.417. The van der Waals surface area contributed by atoms with Gasteiger partial charge in [-0.3, -0.25) is 0 Å². The number of amides is 2. The summed E-state index contributed by atoms with van der Waals surface area (Å²) in [4.78, 5) is 15.0. The van der Waals surface area contributed by atoms with Crippen molar-refractivity contribution in [1.29, 1.82) is 0 Å². The van der Waals surface area contributed by atoms with Gasteiger partial charge in [0.2, 0.25) is 0 Å². The summed E-state index contributed by atoms with van der Waals surface area (Å²) >= 11 is 0. The van der Waals surface area contributed by atoms with Gasteiger partial charge in [-0.1, -0.05) is 12.1 Å². The largest absolute Gasteiger partial charge is 0.331 e. The molecule has 2 amide bonds. The highest BCUT2D eigenvalue weighted by Crippen LogP contribution is 2.10. The van der Waals surface area contributed by atoms with Gasteiger partial charge in [-0.25, -0.2) is 4.79 Å². The molecule has 0 aliphatic rings. The first-order valence-electron chi connectivity index (χ1n) is 5.21. The summed E-state index contributed by atoms with van der Waals surface area (Å²) in [7, 11) is 7.49. The maximum atomic E-state index is 11.4. The molecule has 0 aliphatic carbocycles. The number of hydrogen-bond donors (Lipinski definition) is 1. The number of anilines is 1. The van der Waals surface area contributed by atoms with E-state index < -0.39 is 0 Å². The number of carbonyl (C=O) groups excluding carboxylic acids is 1. The minimum absolute atomic E-state index is 0.111. The van der Waals surface area contributed by atoms with Crippen molar-refractivity contribution in [3.05, 3.63) is 29.8 Å². The van der Waals surface area contributed by atoms with Crippen LogP contribution in [0.1, 0.15) is 5.56 Å². The van der Waals surface area contributed by atoms with Crippen LogP contribution in [-0.2, 0) is 6.54 Å². The fourth-order valence-electron chi connectivity index (χ4n) is 1.29. The average molecular weight is 221 g/mol. The SMILES string of the molecule is CN(C)Cc1ccc(NC(=O)N(C)C)cc1. The molecule has 4 nitrogen and oxygen atoms in total. The molecule has 1 aromatic carbocycles. The molecule has 4 heteroatoms. The lowest BCUT2D eigenvalue weighted by Gasteiger charge is -2.13. The van der Waals surface area contributed by atoms with Crippen LogP contribution in [-0.4, -0.2) is 44.0 Å². The predicted octanol–water partition coefficient (Wildman–Crippen LogP) is 1.84. The first-order chi connectivity index (χ1) is 7.49. The second-order valence-corrected chi connectivity index (χ2v) is 4.26. The summed E-state index contributed by atoms with van der Waals surface area (Å²) in [5.74, 6) is 0. The van der Waals surface area contributed by atoms with E-state index in [0.717, 1.165) is 12.2 Å². The summed E-state index contributed by atoms with van der Waals surface area (Å²) in [6.07, 6.45) is 0. The molecule has 1 N–H and O–H groups in total. The Kier molecular flexibility index (Phi) is 4.31. The molecule has 88 valence electrons. The van der Waals surface area contributed by atoms with E-state index in [9.17, 15) is 4.79 Å². The quantitative estimate of drug-likeness (QED) is 0.845. The zero-order valence-corrected chi connectivity index (χ0v) is 10.3. The number of rotatable bonds is 3. The maximum Gasteiger partial charge on any atom is 0.321 e. The zero-order chi connectivity index (χ0) is 12.1. The summed E-state index contributed by atoms with van der Waals surface area (Å²) in [5.41, 5.74) is 2.05. The number of urea groups is 1. The monoisotopic (exact) mass is 221 g/mol. The molecule has 0 atom stereocenters. The smallest absolute Gasteiger partial charge is 0.321 e. The lowest BCUT2D eigenvalue weighted by Crippen LogP contribution is -2.27. The minimum Gasteiger partial charge on any atom is -0.331 e. The fourth-order valence-corrected chi connectivity index (χ4v) is 1.29. The van der Waals surface area contributed by atoms with Crippen LogP contribution in [0.4, 0.5) is 10.5 Å². The van der Waals surface area contributed by atoms with E-state index in [0.29, 0.717) is 0 Å². The van der Waals surface area contributed by atoms with Crippen LogP contribution in [0.25, 0.3) is 0 Å². The number of carbonyl (C=O) groups is 1. The molecule has 0 saturated heterocycles. The van der Waals surface area contributed by atoms with Gasteiger partial charge in [0.25, 0.3) is 0 Å². The molecule has 0 bridgehead atoms. The highest BCUT2D eigenvalue weighted by atomic mass is 16.2. The van der Waals surface area contributed by atoms with Gasteiger partial charge < -0.3 is 15.1 Å². The highest BCUT2D eigenvalue weighted by molar-refractivity contribution is 5.88. The Morgan fingerprint density at radius 2 is 1.69 bits per heavy atom. The standard InChI is InChI=1S/C12H19N3O/c1-14(2)9-10-5-7-11(8-6-10)13-12(16)15(3)4/h5-8H,9H2,1-4H3,(H,13,16). The number of hydrogen-bond acceptors (Lipinski definition) is 2. The van der Waals surface area contributed by atoms with E-state index in [1.54, 1.807) is 14.1 Å². The van der Waals surface area contributed by atoms with Crippen LogP contribution in [0, 0.1) is 0 Å². The molecule has 0 unspecified atom stereocenters. The van der Waals surface area contributed by atoms with Gasteiger partial charge in [-0.05, 0) is 31.8 Å². The van der Waals surface area contributed by atoms with E-state index in [1.807, 2.05) is 38.4 Å². The second-order valence-electron chi connectivity index (χ2n) is 4.26. The molecular formula is C12H19N3O. The van der Waals surface area contributed by atoms with Crippen LogP contribution < -0.4 is 5.32 Å². The van der Waals surface area contributed by atoms with E-state index in [1.165, 1.54) is 10.5 Å². The normalized spacial score (nSPS) is 10.3. The van der Waals surface area contributed by atoms with Gasteiger partial charge in [0.15, 0.2) is 0 Å². The summed E-state index contributed by atoms with van der Waals surface area (Å²) in [5, 5.41) is 2.80. The van der Waals surface area contributed by atoms with Crippen LogP contribution in [0.3, 0.4) is 0 Å². The van der Waals surface area contributed by atoms with Gasteiger partial charge in [-0.2, -0.15) is 0 Å². The molecule has 16 heavy (non-hydrogen) atoms. The van der Waals surface area contributed by atoms with E-state index in [-0.39, 0.29) is 6.03 Å². The Labute approximate surface area is 96.9 Å². The number of nitrogens with zero attached hydrogens (tertiary/aromatic N) is 2. The highest BCUT2D eigenvalue weighted by Gasteiger charge is 2.03. The van der Waals surface area contributed by atoms with Crippen LogP contribution in [0.2, 0.25) is 0 Å². The molecule has 0 spiro atoms. The molecule has 0 heterocycles. The van der Waals surface area contributed by atoms with Crippen LogP contribution in [0.5, 0.6) is 0 Å². The summed E-state index contributed by atoms with van der Waals surface area (Å²) < 4.78 is 0. The van der Waals surface area contributed by atoms with Gasteiger partial charge in [0, 0.05) is 26.3 Å². The van der Waals surface area contributed by atoms with Gasteiger partial charge in [0.05, 0.1) is 0 Å². The molecule has 1 aromatic rings. The molecule has 0 radical (unpaired) electrons. The summed E-state index contributed by atoms with van der Waals surface area (Å²) in [6.45, 7) is 0.905. The van der Waals surface area contributed by atoms with Gasteiger partial charge in [-0.15, -0.1) is 0 Å². The Morgan fingerprint density at radius 3 is 2.12 bits per heavy atom. The van der Waals surface area contributed by atoms with E-state index in [4.69, 9.17) is 0 Å². The van der Waals surface area contributed by atoms with Crippen LogP contribution in [0.15, 0.2) is 24.3 Å². The number of benzene rings is 1. The Balaban J connectivity index is 2.61. The predicted molar refractivity (Wildman–Crippen MR) is 66.5 cm³/mol. The van der Waals surface area contributed by atoms with Crippen molar-refractivity contribution >= 4 is 11.7 Å². The Bertz CT molecular complexity index is 344. The third-order valence-corrected chi connectivity index (χ3v) is 2.11. The maximum absolute atomic E-state index is 11.4. The molecule has 1 rings (SSSR count). The Morgan fingerprint density at radius 1 is 1.12 bits per heavy atom. The summed E-state index contributed by atoms with van der Waals surface area (Å²) in [6, 6.07) is 7.76. The van der Waals surface area contributed by atoms with Crippen molar-refractivity contribution in [3.63, 3.8) is 0 Å². The average Bonchev–Trinajstić information content (AvgIpc) is 2.20. The number of nitrogens with one attached hydrogen (secondary N) is 1. The molecular weight excluding hydrogens is 202 g/mol. The Hall–Kier alpha value is -1.55. The van der Waals surface area contributed by atoms with Crippen molar-refractivity contribution in [2.75, 3.05) is 33.5 Å². The van der Waals surface area contributed by atoms with Crippen molar-refractivity contribution in [2.45, 2.75) is 6.54 Å². The molecule has 0 aromatic heterocycles. The van der Waals surface area contributed by atoms with Crippen molar-refractivity contribution in [3.8, 4) is 0 Å². The molecule has 0 saturated carbocycles. The van der Waals surface area contributed by atoms with Crippen molar-refractivity contribution < 1.29 is 4.79 Å². The lowest BCUT2D eigenvalue weighted by atomic mass is 10.2. The third kappa shape index (κ3) is 3.90. The third-order valence-electron chi connectivity index (χ3n) is 2.11. The van der Waals surface area contributed by atoms with E-state index >= 15 is 0 Å². The van der Waals surface area contributed by atoms with Crippen molar-refractivity contribution in [2.24, 2.45) is 0 Å². The molecule has 0 aliphatic heterocycles. The second kappa shape index (κ2) is 5.51. The van der Waals surface area contributed by atoms with Crippen LogP contribution >= 0.6 is 0 Å². The first-order valence-corrected chi connectivity index (χ1v) is 5.21. The van der Waals surface area contributed by atoms with Gasteiger partial charge in [0.1, 0.15) is 0 Å². The topological polar surface area (TPSA) is 35.6 Å². The van der Waals surface area contributed by atoms with Crippen molar-refractivity contribution in [1.82, 2.24) is 9.80 Å².